The Morgan fingerprint density at radius 3 is 2.48 bits per heavy atom. The molecule has 0 aliphatic heterocycles. The van der Waals surface area contributed by atoms with Crippen molar-refractivity contribution in [3.05, 3.63) is 65.2 Å². The minimum absolute atomic E-state index is 0.00101. The van der Waals surface area contributed by atoms with Crippen molar-refractivity contribution in [1.82, 2.24) is 4.57 Å². The van der Waals surface area contributed by atoms with Crippen LogP contribution >= 0.6 is 0 Å². The first kappa shape index (κ1) is 22.3. The molecule has 1 aromatic heterocycles. The van der Waals surface area contributed by atoms with E-state index in [1.165, 1.54) is 37.3 Å². The van der Waals surface area contributed by atoms with Crippen LogP contribution in [0.2, 0.25) is 0 Å². The fourth-order valence-corrected chi connectivity index (χ4v) is 4.62. The monoisotopic (exact) mass is 435 g/mol. The molecule has 0 atom stereocenters. The second-order valence-electron chi connectivity index (χ2n) is 7.33. The van der Waals surface area contributed by atoms with Gasteiger partial charge < -0.3 is 9.88 Å². The lowest BCUT2D eigenvalue weighted by molar-refractivity contribution is -0.114. The highest BCUT2D eigenvalue weighted by Gasteiger charge is 2.21. The molecule has 3 rings (SSSR count). The predicted molar refractivity (Wildman–Crippen MR) is 123 cm³/mol. The molecule has 1 N–H and O–H groups in total. The zero-order valence-electron chi connectivity index (χ0n) is 17.6. The van der Waals surface area contributed by atoms with E-state index in [0.717, 1.165) is 36.7 Å². The van der Waals surface area contributed by atoms with Gasteiger partial charge in [0.15, 0.2) is 0 Å². The molecule has 0 saturated carbocycles. The van der Waals surface area contributed by atoms with Crippen LogP contribution in [0, 0.1) is 11.3 Å². The number of hydrogen-bond acceptors (Lipinski definition) is 4. The summed E-state index contributed by atoms with van der Waals surface area (Å²) in [6, 6.07) is 15.4. The summed E-state index contributed by atoms with van der Waals surface area (Å²) in [6.45, 7) is 4.36. The summed E-state index contributed by atoms with van der Waals surface area (Å²) in [6.07, 6.45) is 6.61. The number of aromatic nitrogens is 1. The number of para-hydroxylation sites is 1. The lowest BCUT2D eigenvalue weighted by Gasteiger charge is -2.05. The summed E-state index contributed by atoms with van der Waals surface area (Å²) in [5.74, 6) is -0.247. The number of carbonyl (C=O) groups excluding carboxylic acids is 1. The highest BCUT2D eigenvalue weighted by atomic mass is 32.2. The second kappa shape index (κ2) is 9.63. The number of unbranched alkanes of at least 4 members (excludes halogenated alkanes) is 2. The Hall–Kier alpha value is -3.37. The van der Waals surface area contributed by atoms with Crippen molar-refractivity contribution < 1.29 is 13.2 Å². The first-order chi connectivity index (χ1) is 14.9. The Morgan fingerprint density at radius 1 is 1.13 bits per heavy atom. The molecule has 1 heterocycles. The summed E-state index contributed by atoms with van der Waals surface area (Å²) in [4.78, 5) is 10.8. The number of nitrogens with one attached hydrogen (secondary N) is 1. The Bertz CT molecular complexity index is 1260. The fourth-order valence-electron chi connectivity index (χ4n) is 3.47. The van der Waals surface area contributed by atoms with E-state index < -0.39 is 9.84 Å². The van der Waals surface area contributed by atoms with Crippen LogP contribution < -0.4 is 5.32 Å². The van der Waals surface area contributed by atoms with Gasteiger partial charge in [0.2, 0.25) is 15.7 Å². The molecule has 3 aromatic rings. The number of fused-ring (bicyclic) bond motifs is 1. The molecular weight excluding hydrogens is 410 g/mol. The molecule has 0 radical (unpaired) electrons. The summed E-state index contributed by atoms with van der Waals surface area (Å²) in [5, 5.41) is 13.1. The van der Waals surface area contributed by atoms with Gasteiger partial charge in [0.05, 0.1) is 4.90 Å². The third-order valence-corrected chi connectivity index (χ3v) is 6.67. The number of nitriles is 1. The molecule has 160 valence electrons. The van der Waals surface area contributed by atoms with Crippen molar-refractivity contribution in [2.45, 2.75) is 44.6 Å². The standard InChI is InChI=1S/C24H25N3O3S/c1-3-4-7-14-27-17-19(23-8-5-6-9-24(23)27)15-22(16-25)31(29,30)21-12-10-20(11-13-21)26-18(2)28/h5-6,8-13,15,17H,3-4,7,14H2,1-2H3,(H,26,28)/b22-15+. The molecule has 6 nitrogen and oxygen atoms in total. The SMILES string of the molecule is CCCCCn1cc(/C=C(\C#N)S(=O)(=O)c2ccc(NC(C)=O)cc2)c2ccccc21. The van der Waals surface area contributed by atoms with Crippen LogP contribution in [0.25, 0.3) is 17.0 Å². The van der Waals surface area contributed by atoms with Crippen molar-refractivity contribution in [2.75, 3.05) is 5.32 Å². The summed E-state index contributed by atoms with van der Waals surface area (Å²) >= 11 is 0. The maximum Gasteiger partial charge on any atom is 0.221 e. The molecule has 7 heteroatoms. The number of rotatable bonds is 8. The minimum atomic E-state index is -4.00. The average Bonchev–Trinajstić information content (AvgIpc) is 3.09. The van der Waals surface area contributed by atoms with E-state index in [1.807, 2.05) is 36.5 Å². The molecule has 0 aliphatic rings. The molecule has 1 amide bonds. The third-order valence-electron chi connectivity index (χ3n) is 4.99. The number of sulfone groups is 1. The van der Waals surface area contributed by atoms with Crippen LogP contribution in [-0.2, 0) is 21.2 Å². The summed E-state index contributed by atoms with van der Waals surface area (Å²) < 4.78 is 28.3. The largest absolute Gasteiger partial charge is 0.347 e. The van der Waals surface area contributed by atoms with Crippen LogP contribution in [-0.4, -0.2) is 18.9 Å². The van der Waals surface area contributed by atoms with Crippen LogP contribution in [0.3, 0.4) is 0 Å². The Morgan fingerprint density at radius 2 is 1.84 bits per heavy atom. The van der Waals surface area contributed by atoms with E-state index in [2.05, 4.69) is 16.8 Å². The van der Waals surface area contributed by atoms with Gasteiger partial charge in [-0.1, -0.05) is 38.0 Å². The van der Waals surface area contributed by atoms with Gasteiger partial charge in [-0.15, -0.1) is 0 Å². The lowest BCUT2D eigenvalue weighted by Crippen LogP contribution is -2.07. The van der Waals surface area contributed by atoms with E-state index >= 15 is 0 Å². The second-order valence-corrected chi connectivity index (χ2v) is 9.25. The lowest BCUT2D eigenvalue weighted by atomic mass is 10.1. The Labute approximate surface area is 182 Å². The maximum absolute atomic E-state index is 13.1. The number of carbonyl (C=O) groups is 1. The van der Waals surface area contributed by atoms with Gasteiger partial charge in [0.25, 0.3) is 0 Å². The van der Waals surface area contributed by atoms with Gasteiger partial charge in [0.1, 0.15) is 11.0 Å². The average molecular weight is 436 g/mol. The molecule has 0 fully saturated rings. The van der Waals surface area contributed by atoms with Gasteiger partial charge >= 0.3 is 0 Å². The smallest absolute Gasteiger partial charge is 0.221 e. The molecule has 0 saturated heterocycles. The molecular formula is C24H25N3O3S. The number of anilines is 1. The van der Waals surface area contributed by atoms with Gasteiger partial charge in [-0.3, -0.25) is 4.79 Å². The summed E-state index contributed by atoms with van der Waals surface area (Å²) in [5.41, 5.74) is 2.20. The number of allylic oxidation sites excluding steroid dienone is 1. The molecule has 0 unspecified atom stereocenters. The van der Waals surface area contributed by atoms with E-state index in [9.17, 15) is 18.5 Å². The number of hydrogen-bond donors (Lipinski definition) is 1. The zero-order valence-corrected chi connectivity index (χ0v) is 18.4. The third kappa shape index (κ3) is 5.04. The van der Waals surface area contributed by atoms with Gasteiger partial charge in [0, 0.05) is 41.8 Å². The van der Waals surface area contributed by atoms with Crippen LogP contribution in [0.5, 0.6) is 0 Å². The zero-order chi connectivity index (χ0) is 22.4. The van der Waals surface area contributed by atoms with Gasteiger partial charge in [-0.05, 0) is 42.8 Å². The normalized spacial score (nSPS) is 12.0. The quantitative estimate of drug-likeness (QED) is 0.392. The maximum atomic E-state index is 13.1. The molecule has 31 heavy (non-hydrogen) atoms. The Kier molecular flexibility index (Phi) is 6.93. The van der Waals surface area contributed by atoms with E-state index in [-0.39, 0.29) is 15.7 Å². The highest BCUT2D eigenvalue weighted by molar-refractivity contribution is 7.95. The molecule has 2 aromatic carbocycles. The van der Waals surface area contributed by atoms with Crippen molar-refractivity contribution in [3.8, 4) is 6.07 Å². The minimum Gasteiger partial charge on any atom is -0.347 e. The van der Waals surface area contributed by atoms with Crippen molar-refractivity contribution in [2.24, 2.45) is 0 Å². The number of amides is 1. The van der Waals surface area contributed by atoms with E-state index in [0.29, 0.717) is 11.3 Å². The first-order valence-corrected chi connectivity index (χ1v) is 11.7. The Balaban J connectivity index is 2.00. The highest BCUT2D eigenvalue weighted by Crippen LogP contribution is 2.28. The van der Waals surface area contributed by atoms with E-state index in [4.69, 9.17) is 0 Å². The van der Waals surface area contributed by atoms with Crippen LogP contribution in [0.4, 0.5) is 5.69 Å². The number of benzene rings is 2. The molecule has 0 spiro atoms. The topological polar surface area (TPSA) is 92.0 Å². The predicted octanol–water partition coefficient (Wildman–Crippen LogP) is 5.13. The first-order valence-electron chi connectivity index (χ1n) is 10.2. The van der Waals surface area contributed by atoms with Crippen LogP contribution in [0.15, 0.2) is 64.5 Å². The van der Waals surface area contributed by atoms with Crippen molar-refractivity contribution in [1.29, 1.82) is 5.26 Å². The van der Waals surface area contributed by atoms with Crippen molar-refractivity contribution in [3.63, 3.8) is 0 Å². The molecule has 0 aliphatic carbocycles. The van der Waals surface area contributed by atoms with Gasteiger partial charge in [-0.25, -0.2) is 8.42 Å². The number of aryl methyl sites for hydroxylation is 1. The van der Waals surface area contributed by atoms with E-state index in [1.54, 1.807) is 0 Å². The summed E-state index contributed by atoms with van der Waals surface area (Å²) in [7, 11) is -4.00. The van der Waals surface area contributed by atoms with Crippen molar-refractivity contribution >= 4 is 38.4 Å². The fraction of sp³-hybridized carbons (Fsp3) is 0.250. The number of nitrogens with zero attached hydrogens (tertiary/aromatic N) is 2. The van der Waals surface area contributed by atoms with Gasteiger partial charge in [-0.2, -0.15) is 5.26 Å². The molecule has 0 bridgehead atoms. The van der Waals surface area contributed by atoms with Crippen LogP contribution in [0.1, 0.15) is 38.7 Å².